The predicted octanol–water partition coefficient (Wildman–Crippen LogP) is 13.9. The minimum absolute atomic E-state index is 0.262. The molecular formula is C55H41N5. The van der Waals surface area contributed by atoms with E-state index >= 15 is 0 Å². The smallest absolute Gasteiger partial charge is 0.110 e. The lowest BCUT2D eigenvalue weighted by molar-refractivity contribution is 0.545. The van der Waals surface area contributed by atoms with Crippen LogP contribution in [0.2, 0.25) is 0 Å². The number of aromatic nitrogens is 3. The van der Waals surface area contributed by atoms with Crippen molar-refractivity contribution in [2.24, 2.45) is 16.8 Å². The molecule has 2 aromatic heterocycles. The van der Waals surface area contributed by atoms with E-state index in [1.165, 1.54) is 21.9 Å². The maximum absolute atomic E-state index is 5.32. The molecular weight excluding hydrogens is 731 g/mol. The summed E-state index contributed by atoms with van der Waals surface area (Å²) < 4.78 is 2.36. The molecule has 0 fully saturated rings. The highest BCUT2D eigenvalue weighted by molar-refractivity contribution is 6.11. The first-order valence-electron chi connectivity index (χ1n) is 20.8. The van der Waals surface area contributed by atoms with E-state index in [4.69, 9.17) is 15.0 Å². The summed E-state index contributed by atoms with van der Waals surface area (Å²) in [6.07, 6.45) is 11.8. The first kappa shape index (κ1) is 35.5. The van der Waals surface area contributed by atoms with E-state index in [0.29, 0.717) is 5.92 Å². The summed E-state index contributed by atoms with van der Waals surface area (Å²) in [6.45, 7) is 2.26. The Balaban J connectivity index is 1.02. The zero-order chi connectivity index (χ0) is 40.0. The Morgan fingerprint density at radius 3 is 1.95 bits per heavy atom. The number of hydrogen-bond donors (Lipinski definition) is 1. The van der Waals surface area contributed by atoms with Crippen LogP contribution >= 0.6 is 0 Å². The molecule has 2 unspecified atom stereocenters. The SMILES string of the molecule is CCC1C(Nc2cc(-c3ccc4c(c3)c3ccccc3n4-c3ccc4nc(-c5ccccc5)c(-c5ccccc5)nc4c3)ccc2-c2ccccc2)=NC=C2C=CC=CC21. The fraction of sp³-hybridized carbons (Fsp3) is 0.0727. The summed E-state index contributed by atoms with van der Waals surface area (Å²) in [5, 5.41) is 6.25. The van der Waals surface area contributed by atoms with E-state index in [1.807, 2.05) is 18.3 Å². The van der Waals surface area contributed by atoms with Gasteiger partial charge in [-0.2, -0.15) is 0 Å². The number of amidine groups is 1. The highest BCUT2D eigenvalue weighted by atomic mass is 15.0. The van der Waals surface area contributed by atoms with Gasteiger partial charge in [-0.25, -0.2) is 15.0 Å². The van der Waals surface area contributed by atoms with Gasteiger partial charge in [0.15, 0.2) is 0 Å². The van der Waals surface area contributed by atoms with Gasteiger partial charge in [0.05, 0.1) is 33.5 Å². The summed E-state index contributed by atoms with van der Waals surface area (Å²) in [7, 11) is 0. The third kappa shape index (κ3) is 6.23. The topological polar surface area (TPSA) is 55.1 Å². The highest BCUT2D eigenvalue weighted by Crippen LogP contribution is 2.40. The summed E-state index contributed by atoms with van der Waals surface area (Å²) in [4.78, 5) is 15.5. The number of aliphatic imine (C=N–C) groups is 1. The van der Waals surface area contributed by atoms with Crippen LogP contribution in [-0.4, -0.2) is 20.4 Å². The third-order valence-electron chi connectivity index (χ3n) is 12.1. The van der Waals surface area contributed by atoms with Crippen molar-refractivity contribution in [2.75, 3.05) is 5.32 Å². The number of para-hydroxylation sites is 1. The Morgan fingerprint density at radius 2 is 1.20 bits per heavy atom. The zero-order valence-corrected chi connectivity index (χ0v) is 33.2. The van der Waals surface area contributed by atoms with E-state index in [-0.39, 0.29) is 5.92 Å². The second-order valence-electron chi connectivity index (χ2n) is 15.6. The first-order chi connectivity index (χ1) is 29.7. The molecule has 7 aromatic carbocycles. The molecule has 0 spiro atoms. The quantitative estimate of drug-likeness (QED) is 0.176. The summed E-state index contributed by atoms with van der Waals surface area (Å²) in [5.74, 6) is 1.58. The molecule has 1 aliphatic carbocycles. The lowest BCUT2D eigenvalue weighted by Crippen LogP contribution is -2.32. The number of anilines is 1. The van der Waals surface area contributed by atoms with Gasteiger partial charge in [-0.15, -0.1) is 0 Å². The molecule has 0 saturated carbocycles. The highest BCUT2D eigenvalue weighted by Gasteiger charge is 2.29. The van der Waals surface area contributed by atoms with Crippen molar-refractivity contribution in [1.82, 2.24) is 14.5 Å². The second-order valence-corrected chi connectivity index (χ2v) is 15.6. The number of nitrogens with one attached hydrogen (secondary N) is 1. The molecule has 1 N–H and O–H groups in total. The van der Waals surface area contributed by atoms with Crippen LogP contribution < -0.4 is 5.32 Å². The molecule has 0 amide bonds. The minimum atomic E-state index is 0.262. The molecule has 3 heterocycles. The Morgan fingerprint density at radius 1 is 0.550 bits per heavy atom. The van der Waals surface area contributed by atoms with Crippen molar-refractivity contribution in [3.63, 3.8) is 0 Å². The van der Waals surface area contributed by atoms with Crippen molar-refractivity contribution in [3.05, 3.63) is 206 Å². The van der Waals surface area contributed by atoms with Crippen molar-refractivity contribution in [1.29, 1.82) is 0 Å². The van der Waals surface area contributed by atoms with Gasteiger partial charge in [0.2, 0.25) is 0 Å². The van der Waals surface area contributed by atoms with Crippen LogP contribution in [0.3, 0.4) is 0 Å². The molecule has 0 saturated heterocycles. The van der Waals surface area contributed by atoms with Crippen LogP contribution in [0.4, 0.5) is 5.69 Å². The number of hydrogen-bond acceptors (Lipinski definition) is 4. The van der Waals surface area contributed by atoms with Gasteiger partial charge in [-0.3, -0.25) is 0 Å². The molecule has 60 heavy (non-hydrogen) atoms. The number of rotatable bonds is 7. The van der Waals surface area contributed by atoms with Gasteiger partial charge in [-0.1, -0.05) is 159 Å². The molecule has 286 valence electrons. The van der Waals surface area contributed by atoms with Crippen LogP contribution in [0.25, 0.3) is 83.3 Å². The monoisotopic (exact) mass is 771 g/mol. The molecule has 11 rings (SSSR count). The van der Waals surface area contributed by atoms with E-state index in [2.05, 4.69) is 199 Å². The summed E-state index contributed by atoms with van der Waals surface area (Å²) in [6, 6.07) is 60.1. The van der Waals surface area contributed by atoms with Crippen molar-refractivity contribution in [2.45, 2.75) is 13.3 Å². The standard InChI is InChI=1S/C55H41N5/c1-2-43-44-23-13-12-22-41(44)35-56-55(43)59-49-33-40(26-29-45(49)36-16-6-3-7-17-36)39-27-31-52-47(32-39)46-24-14-15-25-51(46)60(52)42-28-30-48-50(34-42)58-54(38-20-10-5-11-21-38)53(57-48)37-18-8-4-9-19-37/h3-35,43-44H,2H2,1H3,(H,56,59). The fourth-order valence-electron chi connectivity index (χ4n) is 9.09. The van der Waals surface area contributed by atoms with Gasteiger partial charge in [-0.05, 0) is 71.1 Å². The van der Waals surface area contributed by atoms with Crippen LogP contribution in [0.15, 0.2) is 211 Å². The van der Waals surface area contributed by atoms with Gasteiger partial charge in [0, 0.05) is 56.9 Å². The third-order valence-corrected chi connectivity index (χ3v) is 12.1. The average Bonchev–Trinajstić information content (AvgIpc) is 3.65. The molecule has 5 nitrogen and oxygen atoms in total. The summed E-state index contributed by atoms with van der Waals surface area (Å²) >= 11 is 0. The van der Waals surface area contributed by atoms with E-state index < -0.39 is 0 Å². The maximum atomic E-state index is 5.32. The summed E-state index contributed by atoms with van der Waals surface area (Å²) in [5.41, 5.74) is 15.8. The van der Waals surface area contributed by atoms with E-state index in [0.717, 1.165) is 84.9 Å². The number of fused-ring (bicyclic) bond motifs is 5. The average molecular weight is 772 g/mol. The predicted molar refractivity (Wildman–Crippen MR) is 250 cm³/mol. The number of benzene rings is 7. The van der Waals surface area contributed by atoms with E-state index in [1.54, 1.807) is 0 Å². The van der Waals surface area contributed by atoms with Crippen LogP contribution in [0.1, 0.15) is 13.3 Å². The molecule has 0 bridgehead atoms. The first-order valence-corrected chi connectivity index (χ1v) is 20.8. The Kier molecular flexibility index (Phi) is 8.85. The van der Waals surface area contributed by atoms with Gasteiger partial charge in [0.25, 0.3) is 0 Å². The van der Waals surface area contributed by atoms with Gasteiger partial charge >= 0.3 is 0 Å². The molecule has 0 radical (unpaired) electrons. The Hall–Kier alpha value is -7.63. The van der Waals surface area contributed by atoms with Crippen molar-refractivity contribution >= 4 is 44.4 Å². The number of allylic oxidation sites excluding steroid dienone is 5. The van der Waals surface area contributed by atoms with Gasteiger partial charge in [0.1, 0.15) is 5.84 Å². The Labute approximate surface area is 349 Å². The molecule has 1 aliphatic heterocycles. The second kappa shape index (κ2) is 14.9. The van der Waals surface area contributed by atoms with Gasteiger partial charge < -0.3 is 9.88 Å². The lowest BCUT2D eigenvalue weighted by Gasteiger charge is -2.31. The van der Waals surface area contributed by atoms with E-state index in [9.17, 15) is 0 Å². The minimum Gasteiger partial charge on any atom is -0.343 e. The molecule has 2 atom stereocenters. The zero-order valence-electron chi connectivity index (χ0n) is 33.2. The largest absolute Gasteiger partial charge is 0.343 e. The normalized spacial score (nSPS) is 15.9. The maximum Gasteiger partial charge on any atom is 0.110 e. The molecule has 5 heteroatoms. The Bertz CT molecular complexity index is 3210. The van der Waals surface area contributed by atoms with Crippen molar-refractivity contribution in [3.8, 4) is 50.5 Å². The van der Waals surface area contributed by atoms with Crippen molar-refractivity contribution < 1.29 is 0 Å². The molecule has 2 aliphatic rings. The lowest BCUT2D eigenvalue weighted by atomic mass is 9.79. The van der Waals surface area contributed by atoms with Crippen LogP contribution in [0, 0.1) is 11.8 Å². The van der Waals surface area contributed by atoms with Crippen LogP contribution in [-0.2, 0) is 0 Å². The van der Waals surface area contributed by atoms with Crippen LogP contribution in [0.5, 0.6) is 0 Å². The molecule has 9 aromatic rings. The number of nitrogens with zero attached hydrogens (tertiary/aromatic N) is 4. The fourth-order valence-corrected chi connectivity index (χ4v) is 9.09.